The molecule has 1 saturated heterocycles. The first-order valence-corrected chi connectivity index (χ1v) is 6.56. The lowest BCUT2D eigenvalue weighted by atomic mass is 10.1. The average molecular weight is 257 g/mol. The molecule has 0 aromatic rings. The van der Waals surface area contributed by atoms with Crippen molar-refractivity contribution in [1.82, 2.24) is 15.5 Å². The lowest BCUT2D eigenvalue weighted by Gasteiger charge is -2.15. The van der Waals surface area contributed by atoms with Crippen LogP contribution in [0, 0.1) is 5.92 Å². The normalized spacial score (nSPS) is 19.8. The third-order valence-electron chi connectivity index (χ3n) is 3.06. The maximum absolute atomic E-state index is 11.6. The number of rotatable bonds is 6. The Hall–Kier alpha value is -1.14. The number of hydrogen-bond acceptors (Lipinski definition) is 4. The second-order valence-electron chi connectivity index (χ2n) is 4.71. The van der Waals surface area contributed by atoms with Crippen LogP contribution >= 0.6 is 0 Å². The fourth-order valence-corrected chi connectivity index (χ4v) is 2.13. The van der Waals surface area contributed by atoms with Crippen molar-refractivity contribution in [2.45, 2.75) is 26.2 Å². The van der Waals surface area contributed by atoms with E-state index in [-0.39, 0.29) is 19.1 Å². The van der Waals surface area contributed by atoms with Crippen LogP contribution in [0.5, 0.6) is 0 Å². The number of carbonyl (C=O) groups excluding carboxylic acids is 2. The summed E-state index contributed by atoms with van der Waals surface area (Å²) in [6.45, 7) is 4.65. The minimum absolute atomic E-state index is 0.199. The summed E-state index contributed by atoms with van der Waals surface area (Å²) in [6.07, 6.45) is 2.64. The van der Waals surface area contributed by atoms with Gasteiger partial charge in [0.2, 0.25) is 5.91 Å². The number of imide groups is 1. The molecule has 1 unspecified atom stereocenters. The van der Waals surface area contributed by atoms with Crippen molar-refractivity contribution in [3.8, 4) is 0 Å². The van der Waals surface area contributed by atoms with E-state index in [9.17, 15) is 9.59 Å². The molecule has 0 saturated carbocycles. The van der Waals surface area contributed by atoms with E-state index in [1.807, 2.05) is 11.8 Å². The molecular formula is C12H23N3O3. The van der Waals surface area contributed by atoms with Crippen molar-refractivity contribution in [2.24, 2.45) is 5.92 Å². The van der Waals surface area contributed by atoms with Crippen molar-refractivity contribution in [2.75, 3.05) is 32.8 Å². The van der Waals surface area contributed by atoms with Crippen LogP contribution < -0.4 is 10.6 Å². The monoisotopic (exact) mass is 257 g/mol. The molecule has 0 spiro atoms. The number of nitrogens with one attached hydrogen (secondary N) is 2. The molecule has 1 fully saturated rings. The number of likely N-dealkylation sites (tertiary alicyclic amines) is 1. The van der Waals surface area contributed by atoms with Gasteiger partial charge in [-0.05, 0) is 31.7 Å². The number of amides is 3. The Morgan fingerprint density at radius 3 is 2.89 bits per heavy atom. The van der Waals surface area contributed by atoms with Crippen LogP contribution in [0.15, 0.2) is 0 Å². The topological polar surface area (TPSA) is 81.7 Å². The summed E-state index contributed by atoms with van der Waals surface area (Å²) < 4.78 is 0. The summed E-state index contributed by atoms with van der Waals surface area (Å²) in [4.78, 5) is 24.8. The Morgan fingerprint density at radius 2 is 2.22 bits per heavy atom. The van der Waals surface area contributed by atoms with Crippen LogP contribution in [0.1, 0.15) is 26.2 Å². The minimum atomic E-state index is -0.423. The second-order valence-corrected chi connectivity index (χ2v) is 4.71. The van der Waals surface area contributed by atoms with E-state index in [0.717, 1.165) is 32.4 Å². The first-order chi connectivity index (χ1) is 8.65. The van der Waals surface area contributed by atoms with E-state index in [0.29, 0.717) is 12.5 Å². The van der Waals surface area contributed by atoms with Gasteiger partial charge in [-0.15, -0.1) is 0 Å². The molecule has 1 rings (SSSR count). The maximum atomic E-state index is 11.6. The zero-order valence-corrected chi connectivity index (χ0v) is 10.9. The molecule has 6 heteroatoms. The quantitative estimate of drug-likeness (QED) is 0.622. The Morgan fingerprint density at radius 1 is 1.44 bits per heavy atom. The van der Waals surface area contributed by atoms with Crippen LogP contribution in [-0.2, 0) is 4.79 Å². The fourth-order valence-electron chi connectivity index (χ4n) is 2.13. The smallest absolute Gasteiger partial charge is 0.321 e. The molecule has 6 nitrogen and oxygen atoms in total. The van der Waals surface area contributed by atoms with E-state index in [1.165, 1.54) is 0 Å². The summed E-state index contributed by atoms with van der Waals surface area (Å²) in [5, 5.41) is 13.7. The molecule has 1 atom stereocenters. The first-order valence-electron chi connectivity index (χ1n) is 6.56. The largest absolute Gasteiger partial charge is 0.396 e. The van der Waals surface area contributed by atoms with Crippen LogP contribution in [-0.4, -0.2) is 54.7 Å². The molecule has 0 aromatic carbocycles. The van der Waals surface area contributed by atoms with Gasteiger partial charge in [0, 0.05) is 19.7 Å². The van der Waals surface area contributed by atoms with Gasteiger partial charge in [0.05, 0.1) is 6.54 Å². The molecule has 3 N–H and O–H groups in total. The molecule has 0 aliphatic carbocycles. The molecule has 1 heterocycles. The second kappa shape index (κ2) is 8.05. The summed E-state index contributed by atoms with van der Waals surface area (Å²) >= 11 is 0. The van der Waals surface area contributed by atoms with E-state index >= 15 is 0 Å². The Labute approximate surface area is 108 Å². The SMILES string of the molecule is CCCNC(=O)NC(=O)CN1CCC(CCO)C1. The van der Waals surface area contributed by atoms with Gasteiger partial charge in [-0.1, -0.05) is 6.92 Å². The average Bonchev–Trinajstić information content (AvgIpc) is 2.74. The highest BCUT2D eigenvalue weighted by atomic mass is 16.3. The van der Waals surface area contributed by atoms with Crippen molar-refractivity contribution < 1.29 is 14.7 Å². The van der Waals surface area contributed by atoms with Gasteiger partial charge in [-0.2, -0.15) is 0 Å². The minimum Gasteiger partial charge on any atom is -0.396 e. The maximum Gasteiger partial charge on any atom is 0.321 e. The zero-order valence-electron chi connectivity index (χ0n) is 10.9. The van der Waals surface area contributed by atoms with Crippen molar-refractivity contribution in [3.63, 3.8) is 0 Å². The van der Waals surface area contributed by atoms with Gasteiger partial charge >= 0.3 is 6.03 Å². The number of urea groups is 1. The lowest BCUT2D eigenvalue weighted by Crippen LogP contribution is -2.44. The third kappa shape index (κ3) is 5.46. The van der Waals surface area contributed by atoms with Gasteiger partial charge in [-0.25, -0.2) is 4.79 Å². The number of carbonyl (C=O) groups is 2. The van der Waals surface area contributed by atoms with E-state index in [4.69, 9.17) is 5.11 Å². The third-order valence-corrected chi connectivity index (χ3v) is 3.06. The highest BCUT2D eigenvalue weighted by molar-refractivity contribution is 5.95. The van der Waals surface area contributed by atoms with Gasteiger partial charge < -0.3 is 10.4 Å². The predicted molar refractivity (Wildman–Crippen MR) is 68.1 cm³/mol. The summed E-state index contributed by atoms with van der Waals surface area (Å²) in [7, 11) is 0. The van der Waals surface area contributed by atoms with Crippen LogP contribution in [0.3, 0.4) is 0 Å². The number of aliphatic hydroxyl groups excluding tert-OH is 1. The first kappa shape index (κ1) is 14.9. The fraction of sp³-hybridized carbons (Fsp3) is 0.833. The Balaban J connectivity index is 2.18. The van der Waals surface area contributed by atoms with Gasteiger partial charge in [-0.3, -0.25) is 15.0 Å². The number of nitrogens with zero attached hydrogens (tertiary/aromatic N) is 1. The van der Waals surface area contributed by atoms with Gasteiger partial charge in [0.25, 0.3) is 0 Å². The van der Waals surface area contributed by atoms with Crippen molar-refractivity contribution in [1.29, 1.82) is 0 Å². The molecule has 1 aliphatic heterocycles. The number of aliphatic hydroxyl groups is 1. The summed E-state index contributed by atoms with van der Waals surface area (Å²) in [5.74, 6) is 0.199. The molecule has 0 aromatic heterocycles. The van der Waals surface area contributed by atoms with Crippen LogP contribution in [0.2, 0.25) is 0 Å². The van der Waals surface area contributed by atoms with Gasteiger partial charge in [0.15, 0.2) is 0 Å². The van der Waals surface area contributed by atoms with E-state index in [2.05, 4.69) is 10.6 Å². The molecule has 18 heavy (non-hydrogen) atoms. The molecule has 3 amide bonds. The lowest BCUT2D eigenvalue weighted by molar-refractivity contribution is -0.120. The zero-order chi connectivity index (χ0) is 13.4. The Bertz CT molecular complexity index is 284. The molecule has 0 bridgehead atoms. The Kier molecular flexibility index (Phi) is 6.67. The van der Waals surface area contributed by atoms with E-state index in [1.54, 1.807) is 0 Å². The molecule has 1 aliphatic rings. The molecule has 0 radical (unpaired) electrons. The summed E-state index contributed by atoms with van der Waals surface area (Å²) in [6, 6.07) is -0.423. The van der Waals surface area contributed by atoms with E-state index < -0.39 is 6.03 Å². The van der Waals surface area contributed by atoms with Crippen LogP contribution in [0.4, 0.5) is 4.79 Å². The standard InChI is InChI=1S/C12H23N3O3/c1-2-5-13-12(18)14-11(17)9-15-6-3-10(8-15)4-7-16/h10,16H,2-9H2,1H3,(H2,13,14,17,18). The molecule has 104 valence electrons. The predicted octanol–water partition coefficient (Wildman–Crippen LogP) is -0.0735. The highest BCUT2D eigenvalue weighted by Gasteiger charge is 2.23. The van der Waals surface area contributed by atoms with Crippen LogP contribution in [0.25, 0.3) is 0 Å². The van der Waals surface area contributed by atoms with Gasteiger partial charge in [0.1, 0.15) is 0 Å². The highest BCUT2D eigenvalue weighted by Crippen LogP contribution is 2.18. The van der Waals surface area contributed by atoms with Crippen molar-refractivity contribution >= 4 is 11.9 Å². The molecular weight excluding hydrogens is 234 g/mol. The number of hydrogen-bond donors (Lipinski definition) is 3. The van der Waals surface area contributed by atoms with Crippen molar-refractivity contribution in [3.05, 3.63) is 0 Å². The summed E-state index contributed by atoms with van der Waals surface area (Å²) in [5.41, 5.74) is 0.